The van der Waals surface area contributed by atoms with E-state index in [4.69, 9.17) is 17.3 Å². The highest BCUT2D eigenvalue weighted by atomic mass is 35.5. The number of nitrogens with two attached hydrogens (primary N) is 1. The monoisotopic (exact) mass is 214 g/mol. The molecule has 0 aliphatic carbocycles. The predicted octanol–water partition coefficient (Wildman–Crippen LogP) is 1.75. The van der Waals surface area contributed by atoms with E-state index in [0.717, 1.165) is 0 Å². The van der Waals surface area contributed by atoms with Crippen LogP contribution >= 0.6 is 11.6 Å². The van der Waals surface area contributed by atoms with Gasteiger partial charge in [-0.15, -0.1) is 0 Å². The van der Waals surface area contributed by atoms with Gasteiger partial charge in [0.25, 0.3) is 0 Å². The molecule has 1 rings (SSSR count). The first-order chi connectivity index (χ1) is 6.54. The van der Waals surface area contributed by atoms with Gasteiger partial charge in [-0.1, -0.05) is 25.4 Å². The lowest BCUT2D eigenvalue weighted by Gasteiger charge is -2.22. The third-order valence-electron chi connectivity index (χ3n) is 2.25. The van der Waals surface area contributed by atoms with Crippen molar-refractivity contribution in [2.24, 2.45) is 11.7 Å². The van der Waals surface area contributed by atoms with E-state index in [9.17, 15) is 5.11 Å². The van der Waals surface area contributed by atoms with Crippen LogP contribution in [0.15, 0.2) is 18.5 Å². The largest absolute Gasteiger partial charge is 0.387 e. The quantitative estimate of drug-likeness (QED) is 0.806. The molecule has 0 fully saturated rings. The van der Waals surface area contributed by atoms with Gasteiger partial charge in [-0.2, -0.15) is 0 Å². The van der Waals surface area contributed by atoms with Crippen molar-refractivity contribution >= 4 is 11.6 Å². The Hall–Kier alpha value is -0.640. The molecule has 0 radical (unpaired) electrons. The highest BCUT2D eigenvalue weighted by molar-refractivity contribution is 6.31. The maximum Gasteiger partial charge on any atom is 0.0972 e. The number of aliphatic hydroxyl groups is 1. The first-order valence-electron chi connectivity index (χ1n) is 4.57. The van der Waals surface area contributed by atoms with Crippen LogP contribution in [0.25, 0.3) is 0 Å². The number of nitrogens with zero attached hydrogens (tertiary/aromatic N) is 1. The topological polar surface area (TPSA) is 59.1 Å². The lowest BCUT2D eigenvalue weighted by atomic mass is 9.95. The van der Waals surface area contributed by atoms with E-state index in [2.05, 4.69) is 4.98 Å². The van der Waals surface area contributed by atoms with Crippen LogP contribution in [0.1, 0.15) is 25.5 Å². The first-order valence-corrected chi connectivity index (χ1v) is 4.95. The number of hydrogen-bond donors (Lipinski definition) is 2. The molecule has 78 valence electrons. The lowest BCUT2D eigenvalue weighted by Crippen LogP contribution is -2.33. The molecule has 14 heavy (non-hydrogen) atoms. The zero-order valence-corrected chi connectivity index (χ0v) is 9.07. The summed E-state index contributed by atoms with van der Waals surface area (Å²) >= 11 is 5.91. The van der Waals surface area contributed by atoms with Crippen LogP contribution in [-0.4, -0.2) is 16.1 Å². The van der Waals surface area contributed by atoms with Crippen LogP contribution in [0.2, 0.25) is 5.02 Å². The Kier molecular flexibility index (Phi) is 3.86. The number of rotatable bonds is 3. The molecule has 1 aromatic heterocycles. The Morgan fingerprint density at radius 3 is 2.64 bits per heavy atom. The Labute approximate surface area is 88.9 Å². The summed E-state index contributed by atoms with van der Waals surface area (Å²) in [5.41, 5.74) is 6.42. The molecule has 3 N–H and O–H groups in total. The second kappa shape index (κ2) is 4.73. The number of aromatic nitrogens is 1. The fraction of sp³-hybridized carbons (Fsp3) is 0.500. The van der Waals surface area contributed by atoms with Gasteiger partial charge < -0.3 is 10.8 Å². The normalized spacial score (nSPS) is 15.6. The zero-order valence-electron chi connectivity index (χ0n) is 8.31. The van der Waals surface area contributed by atoms with Gasteiger partial charge in [0.05, 0.1) is 6.10 Å². The SMILES string of the molecule is CC(C)[C@@H](N)[C@@H](O)c1cnccc1Cl. The molecular formula is C10H15ClN2O. The van der Waals surface area contributed by atoms with E-state index in [1.54, 1.807) is 18.5 Å². The van der Waals surface area contributed by atoms with Crippen molar-refractivity contribution in [3.63, 3.8) is 0 Å². The van der Waals surface area contributed by atoms with Gasteiger partial charge >= 0.3 is 0 Å². The second-order valence-electron chi connectivity index (χ2n) is 3.66. The maximum atomic E-state index is 9.89. The zero-order chi connectivity index (χ0) is 10.7. The Morgan fingerprint density at radius 1 is 1.50 bits per heavy atom. The number of aliphatic hydroxyl groups excluding tert-OH is 1. The predicted molar refractivity (Wildman–Crippen MR) is 57.0 cm³/mol. The second-order valence-corrected chi connectivity index (χ2v) is 4.07. The minimum absolute atomic E-state index is 0.196. The molecule has 2 atom stereocenters. The van der Waals surface area contributed by atoms with E-state index < -0.39 is 6.10 Å². The van der Waals surface area contributed by atoms with Crippen LogP contribution in [0.3, 0.4) is 0 Å². The molecule has 0 amide bonds. The average molecular weight is 215 g/mol. The van der Waals surface area contributed by atoms with E-state index in [1.165, 1.54) is 0 Å². The van der Waals surface area contributed by atoms with E-state index >= 15 is 0 Å². The molecule has 0 spiro atoms. The minimum atomic E-state index is -0.754. The van der Waals surface area contributed by atoms with E-state index in [-0.39, 0.29) is 12.0 Å². The smallest absolute Gasteiger partial charge is 0.0972 e. The van der Waals surface area contributed by atoms with Gasteiger partial charge in [0.15, 0.2) is 0 Å². The molecule has 0 saturated carbocycles. The molecule has 0 saturated heterocycles. The maximum absolute atomic E-state index is 9.89. The van der Waals surface area contributed by atoms with Crippen molar-refractivity contribution in [3.05, 3.63) is 29.0 Å². The summed E-state index contributed by atoms with van der Waals surface area (Å²) in [4.78, 5) is 3.91. The summed E-state index contributed by atoms with van der Waals surface area (Å²) < 4.78 is 0. The van der Waals surface area contributed by atoms with Crippen molar-refractivity contribution in [1.29, 1.82) is 0 Å². The van der Waals surface area contributed by atoms with Crippen LogP contribution in [0.5, 0.6) is 0 Å². The van der Waals surface area contributed by atoms with Gasteiger partial charge in [0.2, 0.25) is 0 Å². The van der Waals surface area contributed by atoms with Crippen LogP contribution in [-0.2, 0) is 0 Å². The van der Waals surface area contributed by atoms with Gasteiger partial charge in [0, 0.05) is 29.0 Å². The molecule has 0 aliphatic heterocycles. The number of hydrogen-bond acceptors (Lipinski definition) is 3. The highest BCUT2D eigenvalue weighted by Gasteiger charge is 2.21. The van der Waals surface area contributed by atoms with Gasteiger partial charge in [-0.3, -0.25) is 4.98 Å². The number of pyridine rings is 1. The Morgan fingerprint density at radius 2 is 2.14 bits per heavy atom. The summed E-state index contributed by atoms with van der Waals surface area (Å²) in [6.07, 6.45) is 2.38. The van der Waals surface area contributed by atoms with E-state index in [1.807, 2.05) is 13.8 Å². The van der Waals surface area contributed by atoms with Crippen molar-refractivity contribution < 1.29 is 5.11 Å². The standard InChI is InChI=1S/C10H15ClN2O/c1-6(2)9(12)10(14)7-5-13-4-3-8(7)11/h3-6,9-10,14H,12H2,1-2H3/t9-,10+/m1/s1. The van der Waals surface area contributed by atoms with Crippen LogP contribution in [0, 0.1) is 5.92 Å². The highest BCUT2D eigenvalue weighted by Crippen LogP contribution is 2.25. The van der Waals surface area contributed by atoms with Gasteiger partial charge in [-0.05, 0) is 12.0 Å². The third kappa shape index (κ3) is 2.44. The van der Waals surface area contributed by atoms with Crippen LogP contribution < -0.4 is 5.73 Å². The Balaban J connectivity index is 2.89. The summed E-state index contributed by atoms with van der Waals surface area (Å²) in [7, 11) is 0. The lowest BCUT2D eigenvalue weighted by molar-refractivity contribution is 0.125. The summed E-state index contributed by atoms with van der Waals surface area (Å²) in [6.45, 7) is 3.91. The van der Waals surface area contributed by atoms with Gasteiger partial charge in [0.1, 0.15) is 0 Å². The molecule has 0 aromatic carbocycles. The molecule has 3 nitrogen and oxygen atoms in total. The van der Waals surface area contributed by atoms with Gasteiger partial charge in [-0.25, -0.2) is 0 Å². The fourth-order valence-corrected chi connectivity index (χ4v) is 1.40. The molecule has 0 aliphatic rings. The average Bonchev–Trinajstić information content (AvgIpc) is 2.16. The molecule has 0 bridgehead atoms. The third-order valence-corrected chi connectivity index (χ3v) is 2.59. The van der Waals surface area contributed by atoms with Crippen molar-refractivity contribution in [3.8, 4) is 0 Å². The van der Waals surface area contributed by atoms with E-state index in [0.29, 0.717) is 10.6 Å². The molecule has 0 unspecified atom stereocenters. The van der Waals surface area contributed by atoms with Crippen molar-refractivity contribution in [1.82, 2.24) is 4.98 Å². The Bertz CT molecular complexity index is 304. The summed E-state index contributed by atoms with van der Waals surface area (Å²) in [5, 5.41) is 10.4. The fourth-order valence-electron chi connectivity index (χ4n) is 1.18. The minimum Gasteiger partial charge on any atom is -0.387 e. The molecule has 1 aromatic rings. The van der Waals surface area contributed by atoms with Crippen molar-refractivity contribution in [2.45, 2.75) is 26.0 Å². The van der Waals surface area contributed by atoms with Crippen molar-refractivity contribution in [2.75, 3.05) is 0 Å². The molecular weight excluding hydrogens is 200 g/mol. The number of halogens is 1. The van der Waals surface area contributed by atoms with Crippen LogP contribution in [0.4, 0.5) is 0 Å². The summed E-state index contributed by atoms with van der Waals surface area (Å²) in [5.74, 6) is 0.196. The first kappa shape index (κ1) is 11.4. The molecule has 1 heterocycles. The summed E-state index contributed by atoms with van der Waals surface area (Å²) in [6, 6.07) is 1.32. The molecule has 4 heteroatoms.